The molecule has 1 unspecified atom stereocenters. The molecule has 0 bridgehead atoms. The van der Waals surface area contributed by atoms with Crippen molar-refractivity contribution < 1.29 is 0 Å². The molecule has 0 aliphatic rings. The van der Waals surface area contributed by atoms with E-state index in [2.05, 4.69) is 33.8 Å². The largest absolute Gasteiger partial charge is 0.343 e. The van der Waals surface area contributed by atoms with Crippen molar-refractivity contribution in [3.8, 4) is 0 Å². The Morgan fingerprint density at radius 3 is 2.71 bits per heavy atom. The highest BCUT2D eigenvalue weighted by atomic mass is 35.5. The van der Waals surface area contributed by atoms with Gasteiger partial charge in [-0.2, -0.15) is 0 Å². The molecule has 2 heterocycles. The number of H-pyrrole nitrogens is 1. The zero-order valence-electron chi connectivity index (χ0n) is 15.6. The molecule has 28 heavy (non-hydrogen) atoms. The Labute approximate surface area is 171 Å². The van der Waals surface area contributed by atoms with Crippen molar-refractivity contribution in [3.05, 3.63) is 75.4 Å². The molecule has 0 saturated heterocycles. The molecule has 0 radical (unpaired) electrons. The second-order valence-corrected chi connectivity index (χ2v) is 8.23. The van der Waals surface area contributed by atoms with Crippen LogP contribution in [0.2, 0.25) is 5.02 Å². The summed E-state index contributed by atoms with van der Waals surface area (Å²) in [7, 11) is 0. The maximum Gasteiger partial charge on any atom is 0.343 e. The van der Waals surface area contributed by atoms with Gasteiger partial charge in [-0.15, -0.1) is 5.10 Å². The third-order valence-corrected chi connectivity index (χ3v) is 5.93. The number of hydrogen-bond donors (Lipinski definition) is 1. The van der Waals surface area contributed by atoms with E-state index in [1.165, 1.54) is 17.3 Å². The fourth-order valence-corrected chi connectivity index (χ4v) is 4.45. The fraction of sp³-hybridized carbons (Fsp3) is 0.250. The highest BCUT2D eigenvalue weighted by Crippen LogP contribution is 2.35. The number of aromatic amines is 1. The Balaban J connectivity index is 1.76. The molecule has 8 heteroatoms. The van der Waals surface area contributed by atoms with Crippen molar-refractivity contribution in [2.45, 2.75) is 37.3 Å². The summed E-state index contributed by atoms with van der Waals surface area (Å²) in [6.07, 6.45) is 0. The smallest absolute Gasteiger partial charge is 0.323 e. The van der Waals surface area contributed by atoms with Gasteiger partial charge in [-0.05, 0) is 37.6 Å². The summed E-state index contributed by atoms with van der Waals surface area (Å²) in [6.45, 7) is 5.28. The summed E-state index contributed by atoms with van der Waals surface area (Å²) in [5.41, 5.74) is 2.90. The summed E-state index contributed by atoms with van der Waals surface area (Å²) in [4.78, 5) is 16.7. The van der Waals surface area contributed by atoms with Crippen molar-refractivity contribution >= 4 is 34.4 Å². The van der Waals surface area contributed by atoms with Gasteiger partial charge in [-0.1, -0.05) is 53.7 Å². The number of rotatable bonds is 6. The van der Waals surface area contributed by atoms with Crippen molar-refractivity contribution in [1.82, 2.24) is 24.3 Å². The van der Waals surface area contributed by atoms with Crippen molar-refractivity contribution in [2.24, 2.45) is 0 Å². The second kappa shape index (κ2) is 7.85. The molecule has 144 valence electrons. The van der Waals surface area contributed by atoms with Crippen LogP contribution in [-0.4, -0.2) is 24.3 Å². The van der Waals surface area contributed by atoms with Crippen molar-refractivity contribution in [2.75, 3.05) is 0 Å². The lowest BCUT2D eigenvalue weighted by Gasteiger charge is -2.14. The molecule has 1 N–H and O–H groups in total. The van der Waals surface area contributed by atoms with Crippen LogP contribution in [0.4, 0.5) is 0 Å². The lowest BCUT2D eigenvalue weighted by Crippen LogP contribution is -2.16. The van der Waals surface area contributed by atoms with Crippen LogP contribution in [0.5, 0.6) is 0 Å². The highest BCUT2D eigenvalue weighted by molar-refractivity contribution is 7.99. The zero-order chi connectivity index (χ0) is 19.7. The van der Waals surface area contributed by atoms with Crippen LogP contribution in [0.1, 0.15) is 30.5 Å². The third-order valence-electron chi connectivity index (χ3n) is 4.61. The first-order chi connectivity index (χ1) is 13.6. The average Bonchev–Trinajstić information content (AvgIpc) is 3.22. The first kappa shape index (κ1) is 18.8. The van der Waals surface area contributed by atoms with E-state index < -0.39 is 0 Å². The van der Waals surface area contributed by atoms with E-state index >= 15 is 0 Å². The monoisotopic (exact) mass is 413 g/mol. The Morgan fingerprint density at radius 2 is 1.96 bits per heavy atom. The van der Waals surface area contributed by atoms with Gasteiger partial charge in [-0.3, -0.25) is 4.57 Å². The number of nitrogens with zero attached hydrogens (tertiary/aromatic N) is 4. The molecule has 0 amide bonds. The number of nitrogens with one attached hydrogen (secondary N) is 1. The summed E-state index contributed by atoms with van der Waals surface area (Å²) < 4.78 is 3.84. The summed E-state index contributed by atoms with van der Waals surface area (Å²) in [6, 6.07) is 16.1. The molecule has 1 atom stereocenters. The van der Waals surface area contributed by atoms with E-state index in [0.29, 0.717) is 23.3 Å². The molecule has 2 aromatic heterocycles. The fourth-order valence-electron chi connectivity index (χ4n) is 3.25. The average molecular weight is 414 g/mol. The van der Waals surface area contributed by atoms with Crippen LogP contribution in [0, 0.1) is 0 Å². The molecule has 4 aromatic rings. The van der Waals surface area contributed by atoms with E-state index in [1.807, 2.05) is 43.3 Å². The van der Waals surface area contributed by atoms with Gasteiger partial charge in [0.25, 0.3) is 0 Å². The van der Waals surface area contributed by atoms with Gasteiger partial charge in [-0.25, -0.2) is 14.9 Å². The van der Waals surface area contributed by atoms with Gasteiger partial charge < -0.3 is 4.57 Å². The van der Waals surface area contributed by atoms with Crippen LogP contribution in [0.3, 0.4) is 0 Å². The minimum Gasteiger partial charge on any atom is -0.323 e. The molecule has 4 rings (SSSR count). The number of benzene rings is 2. The van der Waals surface area contributed by atoms with Crippen LogP contribution in [0.15, 0.2) is 58.5 Å². The standard InChI is InChI=1S/C20H20ClN5OS/c1-3-25-19(27)23-24-20(25)28-13(2)18-22-16-11-15(21)9-10-17(16)26(18)12-14-7-5-4-6-8-14/h4-11,13H,3,12H2,1-2H3,(H,23,27). The molecule has 6 nitrogen and oxygen atoms in total. The van der Waals surface area contributed by atoms with E-state index in [1.54, 1.807) is 4.57 Å². The highest BCUT2D eigenvalue weighted by Gasteiger charge is 2.21. The van der Waals surface area contributed by atoms with Gasteiger partial charge in [0.2, 0.25) is 0 Å². The first-order valence-corrected chi connectivity index (χ1v) is 10.3. The summed E-state index contributed by atoms with van der Waals surface area (Å²) >= 11 is 7.70. The van der Waals surface area contributed by atoms with Gasteiger partial charge in [0.05, 0.1) is 16.3 Å². The first-order valence-electron chi connectivity index (χ1n) is 9.08. The summed E-state index contributed by atoms with van der Waals surface area (Å²) in [5.74, 6) is 0.921. The topological polar surface area (TPSA) is 68.5 Å². The molecule has 0 saturated carbocycles. The van der Waals surface area contributed by atoms with Crippen LogP contribution in [0.25, 0.3) is 11.0 Å². The zero-order valence-corrected chi connectivity index (χ0v) is 17.2. The minimum atomic E-state index is -0.193. The van der Waals surface area contributed by atoms with Gasteiger partial charge in [0, 0.05) is 18.1 Å². The Morgan fingerprint density at radius 1 is 1.18 bits per heavy atom. The van der Waals surface area contributed by atoms with Crippen molar-refractivity contribution in [3.63, 3.8) is 0 Å². The number of imidazole rings is 1. The summed E-state index contributed by atoms with van der Waals surface area (Å²) in [5, 5.41) is 8.01. The van der Waals surface area contributed by atoms with Crippen molar-refractivity contribution in [1.29, 1.82) is 0 Å². The van der Waals surface area contributed by atoms with E-state index in [4.69, 9.17) is 16.6 Å². The molecule has 2 aromatic carbocycles. The molecule has 0 aliphatic heterocycles. The van der Waals surface area contributed by atoms with E-state index in [0.717, 1.165) is 16.9 Å². The Bertz CT molecular complexity index is 1160. The predicted molar refractivity (Wildman–Crippen MR) is 113 cm³/mol. The molecule has 0 aliphatic carbocycles. The maximum atomic E-state index is 11.9. The number of fused-ring (bicyclic) bond motifs is 1. The second-order valence-electron chi connectivity index (χ2n) is 6.49. The normalized spacial score (nSPS) is 12.5. The Hall–Kier alpha value is -2.51. The van der Waals surface area contributed by atoms with Crippen LogP contribution in [-0.2, 0) is 13.1 Å². The minimum absolute atomic E-state index is 0.00427. The molecular weight excluding hydrogens is 394 g/mol. The predicted octanol–water partition coefficient (Wildman–Crippen LogP) is 4.50. The van der Waals surface area contributed by atoms with Gasteiger partial charge in [0.1, 0.15) is 5.82 Å². The Kier molecular flexibility index (Phi) is 5.28. The number of halogens is 1. The molecular formula is C20H20ClN5OS. The van der Waals surface area contributed by atoms with Gasteiger partial charge >= 0.3 is 5.69 Å². The van der Waals surface area contributed by atoms with E-state index in [9.17, 15) is 4.79 Å². The van der Waals surface area contributed by atoms with Gasteiger partial charge in [0.15, 0.2) is 5.16 Å². The van der Waals surface area contributed by atoms with Crippen LogP contribution >= 0.6 is 23.4 Å². The third kappa shape index (κ3) is 3.59. The quantitative estimate of drug-likeness (QED) is 0.472. The van der Waals surface area contributed by atoms with Crippen LogP contribution < -0.4 is 5.69 Å². The maximum absolute atomic E-state index is 11.9. The number of thioether (sulfide) groups is 1. The SMILES string of the molecule is CCn1c(SC(C)c2nc3cc(Cl)ccc3n2Cc2ccccc2)n[nH]c1=O. The lowest BCUT2D eigenvalue weighted by molar-refractivity contribution is 0.657. The lowest BCUT2D eigenvalue weighted by atomic mass is 10.2. The molecule has 0 fully saturated rings. The number of hydrogen-bond acceptors (Lipinski definition) is 4. The number of aromatic nitrogens is 5. The van der Waals surface area contributed by atoms with E-state index in [-0.39, 0.29) is 10.9 Å². The molecule has 0 spiro atoms.